The Kier molecular flexibility index (Phi) is 2.54. The molecular weight excluding hydrogens is 148 g/mol. The summed E-state index contributed by atoms with van der Waals surface area (Å²) < 4.78 is 1.98. The predicted molar refractivity (Wildman–Crippen MR) is 48.9 cm³/mol. The van der Waals surface area contributed by atoms with E-state index < -0.39 is 0 Å². The van der Waals surface area contributed by atoms with Crippen molar-refractivity contribution >= 4 is 0 Å². The largest absolute Gasteiger partial charge is 0.339 e. The van der Waals surface area contributed by atoms with Gasteiger partial charge in [0.05, 0.1) is 0 Å². The van der Waals surface area contributed by atoms with Crippen LogP contribution < -0.4 is 0 Å². The summed E-state index contributed by atoms with van der Waals surface area (Å²) in [4.78, 5) is 0. The highest BCUT2D eigenvalue weighted by Crippen LogP contribution is 2.17. The van der Waals surface area contributed by atoms with Crippen molar-refractivity contribution < 1.29 is 0 Å². The van der Waals surface area contributed by atoms with Gasteiger partial charge in [0.15, 0.2) is 0 Å². The summed E-state index contributed by atoms with van der Waals surface area (Å²) in [6.07, 6.45) is 2.06. The first-order valence-corrected chi connectivity index (χ1v) is 4.29. The maximum Gasteiger partial charge on any atom is 0.120 e. The van der Waals surface area contributed by atoms with Gasteiger partial charge in [0.2, 0.25) is 0 Å². The molecule has 0 radical (unpaired) electrons. The molecular formula is C10H14N2. The van der Waals surface area contributed by atoms with E-state index in [9.17, 15) is 0 Å². The van der Waals surface area contributed by atoms with Crippen molar-refractivity contribution in [2.75, 3.05) is 0 Å². The highest BCUT2D eigenvalue weighted by molar-refractivity contribution is 5.30. The number of aryl methyl sites for hydroxylation is 1. The summed E-state index contributed by atoms with van der Waals surface area (Å²) >= 11 is 0. The Hall–Kier alpha value is -1.23. The smallest absolute Gasteiger partial charge is 0.120 e. The average Bonchev–Trinajstić information content (AvgIpc) is 2.46. The summed E-state index contributed by atoms with van der Waals surface area (Å²) in [5, 5.41) is 8.77. The monoisotopic (exact) mass is 162 g/mol. The predicted octanol–water partition coefficient (Wildman–Crippen LogP) is 2.50. The van der Waals surface area contributed by atoms with E-state index in [4.69, 9.17) is 5.26 Å². The molecule has 0 aromatic carbocycles. The molecule has 0 aliphatic heterocycles. The van der Waals surface area contributed by atoms with Gasteiger partial charge in [-0.2, -0.15) is 5.26 Å². The van der Waals surface area contributed by atoms with E-state index in [0.29, 0.717) is 5.92 Å². The van der Waals surface area contributed by atoms with E-state index in [1.165, 1.54) is 5.56 Å². The molecule has 12 heavy (non-hydrogen) atoms. The quantitative estimate of drug-likeness (QED) is 0.656. The van der Waals surface area contributed by atoms with Crippen LogP contribution >= 0.6 is 0 Å². The zero-order valence-electron chi connectivity index (χ0n) is 7.83. The lowest BCUT2D eigenvalue weighted by molar-refractivity contribution is 0.749. The Morgan fingerprint density at radius 1 is 1.58 bits per heavy atom. The highest BCUT2D eigenvalue weighted by Gasteiger charge is 2.05. The van der Waals surface area contributed by atoms with Gasteiger partial charge in [-0.1, -0.05) is 13.8 Å². The number of hydrogen-bond donors (Lipinski definition) is 0. The molecule has 0 unspecified atom stereocenters. The Balaban J connectivity index is 3.07. The first kappa shape index (κ1) is 8.86. The van der Waals surface area contributed by atoms with Crippen molar-refractivity contribution in [1.29, 1.82) is 5.26 Å². The van der Waals surface area contributed by atoms with Crippen LogP contribution in [0.4, 0.5) is 0 Å². The molecule has 0 saturated carbocycles. The fraction of sp³-hybridized carbons (Fsp3) is 0.500. The zero-order valence-corrected chi connectivity index (χ0v) is 7.83. The second-order valence-corrected chi connectivity index (χ2v) is 3.21. The van der Waals surface area contributed by atoms with Gasteiger partial charge >= 0.3 is 0 Å². The molecule has 2 nitrogen and oxygen atoms in total. The SMILES string of the molecule is CCn1cc(C(C)C)cc1C#N. The van der Waals surface area contributed by atoms with Crippen molar-refractivity contribution in [2.24, 2.45) is 0 Å². The second kappa shape index (κ2) is 3.44. The summed E-state index contributed by atoms with van der Waals surface area (Å²) in [5.41, 5.74) is 2.01. The second-order valence-electron chi connectivity index (χ2n) is 3.21. The molecule has 64 valence electrons. The Morgan fingerprint density at radius 2 is 2.25 bits per heavy atom. The fourth-order valence-corrected chi connectivity index (χ4v) is 1.20. The zero-order chi connectivity index (χ0) is 9.14. The fourth-order valence-electron chi connectivity index (χ4n) is 1.20. The lowest BCUT2D eigenvalue weighted by Crippen LogP contribution is -1.94. The van der Waals surface area contributed by atoms with Crippen molar-refractivity contribution in [3.63, 3.8) is 0 Å². The summed E-state index contributed by atoms with van der Waals surface area (Å²) in [5.74, 6) is 0.505. The number of hydrogen-bond acceptors (Lipinski definition) is 1. The van der Waals surface area contributed by atoms with Crippen LogP contribution in [0.5, 0.6) is 0 Å². The Bertz CT molecular complexity index is 302. The van der Waals surface area contributed by atoms with Crippen molar-refractivity contribution in [3.8, 4) is 6.07 Å². The third kappa shape index (κ3) is 1.50. The first-order chi connectivity index (χ1) is 5.69. The molecule has 0 bridgehead atoms. The van der Waals surface area contributed by atoms with Gasteiger partial charge in [-0.3, -0.25) is 0 Å². The van der Waals surface area contributed by atoms with E-state index in [1.807, 2.05) is 17.6 Å². The number of rotatable bonds is 2. The molecule has 0 N–H and O–H groups in total. The summed E-state index contributed by atoms with van der Waals surface area (Å²) in [6.45, 7) is 7.19. The minimum Gasteiger partial charge on any atom is -0.339 e. The van der Waals surface area contributed by atoms with E-state index in [2.05, 4.69) is 26.1 Å². The molecule has 0 fully saturated rings. The molecule has 0 amide bonds. The summed E-state index contributed by atoms with van der Waals surface area (Å²) in [7, 11) is 0. The topological polar surface area (TPSA) is 28.7 Å². The summed E-state index contributed by atoms with van der Waals surface area (Å²) in [6, 6.07) is 4.15. The minimum atomic E-state index is 0.505. The van der Waals surface area contributed by atoms with Crippen molar-refractivity contribution in [2.45, 2.75) is 33.2 Å². The van der Waals surface area contributed by atoms with Crippen LogP contribution in [0, 0.1) is 11.3 Å². The van der Waals surface area contributed by atoms with Gasteiger partial charge < -0.3 is 4.57 Å². The molecule has 0 saturated heterocycles. The molecule has 1 heterocycles. The van der Waals surface area contributed by atoms with Crippen molar-refractivity contribution in [3.05, 3.63) is 23.5 Å². The third-order valence-corrected chi connectivity index (χ3v) is 2.04. The third-order valence-electron chi connectivity index (χ3n) is 2.04. The standard InChI is InChI=1S/C10H14N2/c1-4-12-7-9(8(2)3)5-10(12)6-11/h5,7-8H,4H2,1-3H3. The van der Waals surface area contributed by atoms with Crippen LogP contribution in [-0.2, 0) is 6.54 Å². The average molecular weight is 162 g/mol. The maximum atomic E-state index is 8.77. The Labute approximate surface area is 73.4 Å². The minimum absolute atomic E-state index is 0.505. The van der Waals surface area contributed by atoms with Gasteiger partial charge in [0, 0.05) is 12.7 Å². The molecule has 0 atom stereocenters. The molecule has 1 rings (SSSR count). The van der Waals surface area contributed by atoms with Gasteiger partial charge in [-0.25, -0.2) is 0 Å². The van der Waals surface area contributed by atoms with Crippen LogP contribution in [0.15, 0.2) is 12.3 Å². The van der Waals surface area contributed by atoms with Gasteiger partial charge in [0.25, 0.3) is 0 Å². The lowest BCUT2D eigenvalue weighted by atomic mass is 10.1. The van der Waals surface area contributed by atoms with Gasteiger partial charge in [-0.15, -0.1) is 0 Å². The highest BCUT2D eigenvalue weighted by atomic mass is 15.0. The molecule has 0 aliphatic rings. The molecule has 0 aliphatic carbocycles. The van der Waals surface area contributed by atoms with E-state index >= 15 is 0 Å². The lowest BCUT2D eigenvalue weighted by Gasteiger charge is -1.99. The number of nitrogens with zero attached hydrogens (tertiary/aromatic N) is 2. The number of aromatic nitrogens is 1. The van der Waals surface area contributed by atoms with E-state index in [-0.39, 0.29) is 0 Å². The van der Waals surface area contributed by atoms with Crippen LogP contribution in [0.3, 0.4) is 0 Å². The molecule has 1 aromatic heterocycles. The molecule has 2 heteroatoms. The normalized spacial score (nSPS) is 10.2. The maximum absolute atomic E-state index is 8.77. The van der Waals surface area contributed by atoms with Crippen LogP contribution in [0.2, 0.25) is 0 Å². The first-order valence-electron chi connectivity index (χ1n) is 4.29. The van der Waals surface area contributed by atoms with Gasteiger partial charge in [0.1, 0.15) is 11.8 Å². The Morgan fingerprint density at radius 3 is 2.58 bits per heavy atom. The van der Waals surface area contributed by atoms with Crippen molar-refractivity contribution in [1.82, 2.24) is 4.57 Å². The van der Waals surface area contributed by atoms with E-state index in [1.54, 1.807) is 0 Å². The van der Waals surface area contributed by atoms with Crippen LogP contribution in [0.25, 0.3) is 0 Å². The van der Waals surface area contributed by atoms with Gasteiger partial charge in [-0.05, 0) is 24.5 Å². The molecule has 1 aromatic rings. The number of nitriles is 1. The molecule has 0 spiro atoms. The van der Waals surface area contributed by atoms with E-state index in [0.717, 1.165) is 12.2 Å². The van der Waals surface area contributed by atoms with Crippen LogP contribution in [-0.4, -0.2) is 4.57 Å². The van der Waals surface area contributed by atoms with Crippen LogP contribution in [0.1, 0.15) is 37.9 Å².